The van der Waals surface area contributed by atoms with Crippen LogP contribution < -0.4 is 4.74 Å². The van der Waals surface area contributed by atoms with Gasteiger partial charge in [0.15, 0.2) is 0 Å². The second-order valence-corrected chi connectivity index (χ2v) is 6.81. The zero-order valence-electron chi connectivity index (χ0n) is 14.2. The molecule has 4 rings (SSSR count). The molecule has 0 atom stereocenters. The van der Waals surface area contributed by atoms with E-state index in [0.717, 1.165) is 32.3 Å². The van der Waals surface area contributed by atoms with Crippen LogP contribution >= 0.6 is 15.9 Å². The monoisotopic (exact) mass is 415 g/mol. The average molecular weight is 416 g/mol. The van der Waals surface area contributed by atoms with Gasteiger partial charge in [-0.1, -0.05) is 34.1 Å². The zero-order chi connectivity index (χ0) is 18.6. The number of ether oxygens (including phenoxy) is 1. The first kappa shape index (κ1) is 17.1. The number of allylic oxidation sites excluding steroid dienone is 1. The minimum absolute atomic E-state index is 0.533. The van der Waals surface area contributed by atoms with Crippen molar-refractivity contribution in [3.63, 3.8) is 0 Å². The molecule has 4 nitrogen and oxygen atoms in total. The van der Waals surface area contributed by atoms with Gasteiger partial charge in [0.1, 0.15) is 11.5 Å². The van der Waals surface area contributed by atoms with Crippen LogP contribution in [0.5, 0.6) is 11.5 Å². The highest BCUT2D eigenvalue weighted by atomic mass is 79.9. The summed E-state index contributed by atoms with van der Waals surface area (Å²) in [5, 5.41) is 10.7. The van der Waals surface area contributed by atoms with Gasteiger partial charge in [0.05, 0.1) is 11.6 Å². The predicted octanol–water partition coefficient (Wildman–Crippen LogP) is 6.18. The van der Waals surface area contributed by atoms with Crippen molar-refractivity contribution in [2.45, 2.75) is 0 Å². The first-order valence-corrected chi connectivity index (χ1v) is 9.09. The fourth-order valence-electron chi connectivity index (χ4n) is 2.85. The number of pyridine rings is 1. The van der Waals surface area contributed by atoms with Gasteiger partial charge in [-0.15, -0.1) is 0 Å². The van der Waals surface area contributed by atoms with E-state index < -0.39 is 0 Å². The molecule has 0 aliphatic carbocycles. The van der Waals surface area contributed by atoms with Crippen LogP contribution in [0.25, 0.3) is 22.6 Å². The Hall–Kier alpha value is -3.36. The predicted molar refractivity (Wildman–Crippen MR) is 110 cm³/mol. The number of H-pyrrole nitrogens is 1. The molecule has 5 heteroatoms. The number of halogens is 1. The summed E-state index contributed by atoms with van der Waals surface area (Å²) < 4.78 is 6.93. The molecule has 0 bridgehead atoms. The smallest absolute Gasteiger partial charge is 0.137 e. The van der Waals surface area contributed by atoms with Gasteiger partial charge in [0.2, 0.25) is 0 Å². The molecule has 1 N–H and O–H groups in total. The fraction of sp³-hybridized carbons (Fsp3) is 0. The van der Waals surface area contributed by atoms with Crippen LogP contribution in [0.4, 0.5) is 0 Å². The highest BCUT2D eigenvalue weighted by molar-refractivity contribution is 9.10. The van der Waals surface area contributed by atoms with Gasteiger partial charge >= 0.3 is 0 Å². The topological polar surface area (TPSA) is 61.7 Å². The largest absolute Gasteiger partial charge is 0.457 e. The molecule has 2 aromatic heterocycles. The highest BCUT2D eigenvalue weighted by Crippen LogP contribution is 2.31. The number of nitrogens with zero attached hydrogens (tertiary/aromatic N) is 2. The molecule has 0 radical (unpaired) electrons. The molecule has 0 fully saturated rings. The summed E-state index contributed by atoms with van der Waals surface area (Å²) in [6, 6.07) is 19.6. The molecule has 0 aliphatic heterocycles. The van der Waals surface area contributed by atoms with Crippen molar-refractivity contribution in [3.8, 4) is 17.6 Å². The van der Waals surface area contributed by atoms with E-state index in [0.29, 0.717) is 11.3 Å². The number of para-hydroxylation sites is 1. The average Bonchev–Trinajstić information content (AvgIpc) is 3.11. The number of nitrogens with one attached hydrogen (secondary N) is 1. The SMILES string of the molecule is N#CC(=Cc1cnccc1Oc1ccccc1)c1c[nH]c2ccc(Br)cc12. The summed E-state index contributed by atoms with van der Waals surface area (Å²) in [7, 11) is 0. The van der Waals surface area contributed by atoms with Crippen LogP contribution in [0.15, 0.2) is 77.7 Å². The first-order chi connectivity index (χ1) is 13.2. The fourth-order valence-corrected chi connectivity index (χ4v) is 3.21. The lowest BCUT2D eigenvalue weighted by Gasteiger charge is -2.08. The molecule has 4 aromatic rings. The van der Waals surface area contributed by atoms with Gasteiger partial charge in [-0.3, -0.25) is 4.98 Å². The molecule has 0 saturated carbocycles. The lowest BCUT2D eigenvalue weighted by Crippen LogP contribution is -1.89. The number of aromatic amines is 1. The van der Waals surface area contributed by atoms with E-state index in [1.54, 1.807) is 24.5 Å². The van der Waals surface area contributed by atoms with E-state index in [9.17, 15) is 5.26 Å². The normalized spacial score (nSPS) is 11.3. The van der Waals surface area contributed by atoms with E-state index in [-0.39, 0.29) is 0 Å². The lowest BCUT2D eigenvalue weighted by atomic mass is 10.0. The van der Waals surface area contributed by atoms with Crippen molar-refractivity contribution in [1.82, 2.24) is 9.97 Å². The van der Waals surface area contributed by atoms with Crippen LogP contribution in [-0.4, -0.2) is 9.97 Å². The number of fused-ring (bicyclic) bond motifs is 1. The Morgan fingerprint density at radius 1 is 1.15 bits per heavy atom. The molecular formula is C22H14BrN3O. The molecular weight excluding hydrogens is 402 g/mol. The second-order valence-electron chi connectivity index (χ2n) is 5.89. The van der Waals surface area contributed by atoms with Gasteiger partial charge in [-0.25, -0.2) is 0 Å². The molecule has 2 aromatic carbocycles. The summed E-state index contributed by atoms with van der Waals surface area (Å²) >= 11 is 3.49. The Balaban J connectivity index is 1.77. The third kappa shape index (κ3) is 3.62. The van der Waals surface area contributed by atoms with Crippen molar-refractivity contribution in [2.75, 3.05) is 0 Å². The molecule has 0 amide bonds. The lowest BCUT2D eigenvalue weighted by molar-refractivity contribution is 0.481. The van der Waals surface area contributed by atoms with Crippen LogP contribution in [-0.2, 0) is 0 Å². The number of rotatable bonds is 4. The van der Waals surface area contributed by atoms with E-state index in [2.05, 4.69) is 32.0 Å². The number of nitriles is 1. The van der Waals surface area contributed by atoms with Crippen LogP contribution in [0.2, 0.25) is 0 Å². The van der Waals surface area contributed by atoms with Gasteiger partial charge in [-0.2, -0.15) is 5.26 Å². The Morgan fingerprint density at radius 2 is 2.00 bits per heavy atom. The number of hydrogen-bond donors (Lipinski definition) is 1. The summed E-state index contributed by atoms with van der Waals surface area (Å²) in [5.74, 6) is 1.37. The van der Waals surface area contributed by atoms with E-state index in [1.807, 2.05) is 54.7 Å². The van der Waals surface area contributed by atoms with Gasteiger partial charge in [0.25, 0.3) is 0 Å². The Labute approximate surface area is 164 Å². The number of benzene rings is 2. The molecule has 0 unspecified atom stereocenters. The highest BCUT2D eigenvalue weighted by Gasteiger charge is 2.11. The molecule has 27 heavy (non-hydrogen) atoms. The molecule has 0 aliphatic rings. The quantitative estimate of drug-likeness (QED) is 0.404. The summed E-state index contributed by atoms with van der Waals surface area (Å²) in [5.41, 5.74) is 3.08. The Kier molecular flexibility index (Phi) is 4.73. The maximum Gasteiger partial charge on any atom is 0.137 e. The third-order valence-corrected chi connectivity index (χ3v) is 4.63. The van der Waals surface area contributed by atoms with E-state index in [1.165, 1.54) is 0 Å². The molecule has 0 saturated heterocycles. The van der Waals surface area contributed by atoms with Gasteiger partial charge in [0, 0.05) is 45.1 Å². The van der Waals surface area contributed by atoms with Gasteiger partial charge in [-0.05, 0) is 42.5 Å². The maximum absolute atomic E-state index is 9.76. The standard InChI is InChI=1S/C22H14BrN3O/c23-17-6-7-21-19(11-17)20(14-26-21)15(12-24)10-16-13-25-9-8-22(16)27-18-4-2-1-3-5-18/h1-11,13-14,26H. The minimum atomic E-state index is 0.533. The van der Waals surface area contributed by atoms with E-state index >= 15 is 0 Å². The van der Waals surface area contributed by atoms with Crippen LogP contribution in [0.1, 0.15) is 11.1 Å². The zero-order valence-corrected chi connectivity index (χ0v) is 15.8. The summed E-state index contributed by atoms with van der Waals surface area (Å²) in [6.45, 7) is 0. The third-order valence-electron chi connectivity index (χ3n) is 4.14. The van der Waals surface area contributed by atoms with Crippen molar-refractivity contribution in [2.24, 2.45) is 0 Å². The van der Waals surface area contributed by atoms with Crippen LogP contribution in [0.3, 0.4) is 0 Å². The minimum Gasteiger partial charge on any atom is -0.457 e. The Morgan fingerprint density at radius 3 is 2.81 bits per heavy atom. The van der Waals surface area contributed by atoms with Crippen molar-refractivity contribution >= 4 is 38.5 Å². The van der Waals surface area contributed by atoms with E-state index in [4.69, 9.17) is 4.74 Å². The summed E-state index contributed by atoms with van der Waals surface area (Å²) in [6.07, 6.45) is 7.01. The molecule has 0 spiro atoms. The second kappa shape index (κ2) is 7.48. The molecule has 130 valence electrons. The first-order valence-electron chi connectivity index (χ1n) is 8.30. The van der Waals surface area contributed by atoms with Gasteiger partial charge < -0.3 is 9.72 Å². The van der Waals surface area contributed by atoms with Crippen molar-refractivity contribution in [3.05, 3.63) is 88.8 Å². The maximum atomic E-state index is 9.76. The van der Waals surface area contributed by atoms with Crippen LogP contribution in [0, 0.1) is 11.3 Å². The van der Waals surface area contributed by atoms with Crippen molar-refractivity contribution in [1.29, 1.82) is 5.26 Å². The Bertz CT molecular complexity index is 1170. The molecule has 2 heterocycles. The summed E-state index contributed by atoms with van der Waals surface area (Å²) in [4.78, 5) is 7.39. The number of hydrogen-bond acceptors (Lipinski definition) is 3. The van der Waals surface area contributed by atoms with Crippen molar-refractivity contribution < 1.29 is 4.74 Å². The number of aromatic nitrogens is 2.